The summed E-state index contributed by atoms with van der Waals surface area (Å²) in [5.74, 6) is -1.53. The number of carbonyl (C=O) groups excluding carboxylic acids is 1. The molecule has 3 rings (SSSR count). The molecule has 25 heavy (non-hydrogen) atoms. The van der Waals surface area contributed by atoms with Gasteiger partial charge in [0.2, 0.25) is 0 Å². The molecule has 1 unspecified atom stereocenters. The zero-order valence-electron chi connectivity index (χ0n) is 13.5. The zero-order valence-corrected chi connectivity index (χ0v) is 13.5. The van der Waals surface area contributed by atoms with Crippen LogP contribution in [0.1, 0.15) is 27.1 Å². The van der Waals surface area contributed by atoms with E-state index >= 15 is 0 Å². The average Bonchev–Trinajstić information content (AvgIpc) is 3.09. The number of carboxylic acid groups (broad SMARTS) is 1. The predicted octanol–water partition coefficient (Wildman–Crippen LogP) is 2.18. The largest absolute Gasteiger partial charge is 0.478 e. The number of nitrogens with zero attached hydrogens (tertiary/aromatic N) is 2. The molecular weight excluding hydrogens is 325 g/mol. The summed E-state index contributed by atoms with van der Waals surface area (Å²) < 4.78 is 13.8. The van der Waals surface area contributed by atoms with Crippen molar-refractivity contribution in [3.63, 3.8) is 0 Å². The minimum Gasteiger partial charge on any atom is -0.478 e. The van der Waals surface area contributed by atoms with Crippen LogP contribution in [0.2, 0.25) is 0 Å². The number of benzene rings is 1. The van der Waals surface area contributed by atoms with Crippen LogP contribution in [-0.2, 0) is 0 Å². The van der Waals surface area contributed by atoms with Crippen molar-refractivity contribution in [1.82, 2.24) is 10.3 Å². The Labute approximate surface area is 144 Å². The molecule has 1 saturated heterocycles. The van der Waals surface area contributed by atoms with Crippen LogP contribution in [-0.4, -0.2) is 41.6 Å². The molecule has 1 amide bonds. The summed E-state index contributed by atoms with van der Waals surface area (Å²) >= 11 is 0. The van der Waals surface area contributed by atoms with Gasteiger partial charge in [-0.2, -0.15) is 0 Å². The summed E-state index contributed by atoms with van der Waals surface area (Å²) in [5.41, 5.74) is 0.762. The quantitative estimate of drug-likeness (QED) is 0.869. The topological polar surface area (TPSA) is 82.5 Å². The van der Waals surface area contributed by atoms with Crippen molar-refractivity contribution >= 4 is 17.6 Å². The van der Waals surface area contributed by atoms with Crippen molar-refractivity contribution in [2.45, 2.75) is 6.42 Å². The third kappa shape index (κ3) is 3.93. The van der Waals surface area contributed by atoms with Crippen LogP contribution < -0.4 is 10.2 Å². The van der Waals surface area contributed by atoms with E-state index in [0.717, 1.165) is 13.0 Å². The molecule has 0 saturated carbocycles. The van der Waals surface area contributed by atoms with Crippen LogP contribution in [0.25, 0.3) is 0 Å². The zero-order chi connectivity index (χ0) is 17.8. The Morgan fingerprint density at radius 2 is 2.04 bits per heavy atom. The standard InChI is InChI=1S/C18H18FN3O3/c19-15-3-1-2-4-16(15)22-6-5-12(11-22)8-21-17(23)13-7-14(18(24)25)10-20-9-13/h1-4,7,9-10,12H,5-6,8,11H2,(H,21,23)(H,24,25). The van der Waals surface area contributed by atoms with E-state index in [9.17, 15) is 14.0 Å². The fourth-order valence-electron chi connectivity index (χ4n) is 2.95. The van der Waals surface area contributed by atoms with E-state index in [1.165, 1.54) is 24.5 Å². The van der Waals surface area contributed by atoms with Crippen molar-refractivity contribution < 1.29 is 19.1 Å². The van der Waals surface area contributed by atoms with Gasteiger partial charge in [0.05, 0.1) is 16.8 Å². The summed E-state index contributed by atoms with van der Waals surface area (Å²) in [6, 6.07) is 7.94. The predicted molar refractivity (Wildman–Crippen MR) is 90.2 cm³/mol. The SMILES string of the molecule is O=C(O)c1cncc(C(=O)NCC2CCN(c3ccccc3F)C2)c1. The highest BCUT2D eigenvalue weighted by Gasteiger charge is 2.24. The number of carbonyl (C=O) groups is 2. The molecule has 0 spiro atoms. The Bertz CT molecular complexity index is 797. The highest BCUT2D eigenvalue weighted by molar-refractivity contribution is 5.96. The molecule has 2 heterocycles. The van der Waals surface area contributed by atoms with Crippen LogP contribution >= 0.6 is 0 Å². The Morgan fingerprint density at radius 1 is 1.28 bits per heavy atom. The summed E-state index contributed by atoms with van der Waals surface area (Å²) in [4.78, 5) is 28.8. The van der Waals surface area contributed by atoms with E-state index < -0.39 is 5.97 Å². The van der Waals surface area contributed by atoms with E-state index in [4.69, 9.17) is 5.11 Å². The number of rotatable bonds is 5. The minimum atomic E-state index is -1.13. The number of hydrogen-bond donors (Lipinski definition) is 2. The molecule has 0 aliphatic carbocycles. The summed E-state index contributed by atoms with van der Waals surface area (Å²) in [5, 5.41) is 11.7. The second-order valence-corrected chi connectivity index (χ2v) is 6.03. The third-order valence-electron chi connectivity index (χ3n) is 4.28. The van der Waals surface area contributed by atoms with E-state index in [0.29, 0.717) is 18.8 Å². The number of carboxylic acids is 1. The van der Waals surface area contributed by atoms with Crippen LogP contribution in [0, 0.1) is 11.7 Å². The van der Waals surface area contributed by atoms with E-state index in [1.54, 1.807) is 18.2 Å². The van der Waals surface area contributed by atoms with Gasteiger partial charge in [-0.05, 0) is 30.5 Å². The number of pyridine rings is 1. The van der Waals surface area contributed by atoms with Crippen LogP contribution in [0.4, 0.5) is 10.1 Å². The molecule has 0 radical (unpaired) electrons. The molecule has 1 aliphatic rings. The van der Waals surface area contributed by atoms with Gasteiger partial charge in [-0.25, -0.2) is 9.18 Å². The molecule has 130 valence electrons. The summed E-state index contributed by atoms with van der Waals surface area (Å²) in [6.45, 7) is 1.84. The molecule has 2 aromatic rings. The number of halogens is 1. The first-order valence-corrected chi connectivity index (χ1v) is 8.00. The highest BCUT2D eigenvalue weighted by atomic mass is 19.1. The average molecular weight is 343 g/mol. The van der Waals surface area contributed by atoms with Crippen molar-refractivity contribution in [2.24, 2.45) is 5.92 Å². The summed E-state index contributed by atoms with van der Waals surface area (Å²) in [6.07, 6.45) is 3.38. The lowest BCUT2D eigenvalue weighted by Crippen LogP contribution is -2.31. The van der Waals surface area contributed by atoms with Crippen molar-refractivity contribution in [1.29, 1.82) is 0 Å². The third-order valence-corrected chi connectivity index (χ3v) is 4.28. The molecule has 1 aromatic carbocycles. The molecular formula is C18H18FN3O3. The first-order valence-electron chi connectivity index (χ1n) is 8.00. The van der Waals surface area contributed by atoms with Crippen molar-refractivity contribution in [3.05, 3.63) is 59.7 Å². The van der Waals surface area contributed by atoms with Gasteiger partial charge in [0.25, 0.3) is 5.91 Å². The molecule has 7 heteroatoms. The molecule has 1 aromatic heterocycles. The maximum absolute atomic E-state index is 13.8. The first kappa shape index (κ1) is 16.9. The monoisotopic (exact) mass is 343 g/mol. The smallest absolute Gasteiger partial charge is 0.337 e. The van der Waals surface area contributed by atoms with Gasteiger partial charge < -0.3 is 15.3 Å². The lowest BCUT2D eigenvalue weighted by molar-refractivity contribution is 0.0696. The summed E-state index contributed by atoms with van der Waals surface area (Å²) in [7, 11) is 0. The maximum Gasteiger partial charge on any atom is 0.337 e. The van der Waals surface area contributed by atoms with Gasteiger partial charge in [0.1, 0.15) is 5.82 Å². The van der Waals surface area contributed by atoms with Crippen LogP contribution in [0.5, 0.6) is 0 Å². The van der Waals surface area contributed by atoms with E-state index in [1.807, 2.05) is 4.90 Å². The number of para-hydroxylation sites is 1. The molecule has 2 N–H and O–H groups in total. The van der Waals surface area contributed by atoms with E-state index in [2.05, 4.69) is 10.3 Å². The van der Waals surface area contributed by atoms with Gasteiger partial charge in [0.15, 0.2) is 0 Å². The number of aromatic nitrogens is 1. The fraction of sp³-hybridized carbons (Fsp3) is 0.278. The number of anilines is 1. The Balaban J connectivity index is 1.56. The lowest BCUT2D eigenvalue weighted by Gasteiger charge is -2.19. The highest BCUT2D eigenvalue weighted by Crippen LogP contribution is 2.25. The van der Waals surface area contributed by atoms with E-state index in [-0.39, 0.29) is 28.8 Å². The van der Waals surface area contributed by atoms with Gasteiger partial charge in [0, 0.05) is 32.0 Å². The number of nitrogens with one attached hydrogen (secondary N) is 1. The Morgan fingerprint density at radius 3 is 2.80 bits per heavy atom. The van der Waals surface area contributed by atoms with Gasteiger partial charge >= 0.3 is 5.97 Å². The van der Waals surface area contributed by atoms with Crippen LogP contribution in [0.3, 0.4) is 0 Å². The molecule has 1 aliphatic heterocycles. The molecule has 1 atom stereocenters. The van der Waals surface area contributed by atoms with Gasteiger partial charge in [-0.3, -0.25) is 9.78 Å². The Kier molecular flexibility index (Phi) is 4.92. The van der Waals surface area contributed by atoms with Crippen molar-refractivity contribution in [3.8, 4) is 0 Å². The molecule has 0 bridgehead atoms. The molecule has 6 nitrogen and oxygen atoms in total. The fourth-order valence-corrected chi connectivity index (χ4v) is 2.95. The number of aromatic carboxylic acids is 1. The normalized spacial score (nSPS) is 16.7. The van der Waals surface area contributed by atoms with Gasteiger partial charge in [-0.15, -0.1) is 0 Å². The first-order chi connectivity index (χ1) is 12.0. The van der Waals surface area contributed by atoms with Gasteiger partial charge in [-0.1, -0.05) is 12.1 Å². The lowest BCUT2D eigenvalue weighted by atomic mass is 10.1. The number of hydrogen-bond acceptors (Lipinski definition) is 4. The van der Waals surface area contributed by atoms with Crippen LogP contribution in [0.15, 0.2) is 42.7 Å². The second-order valence-electron chi connectivity index (χ2n) is 6.03. The second kappa shape index (κ2) is 7.29. The van der Waals surface area contributed by atoms with Crippen molar-refractivity contribution in [2.75, 3.05) is 24.5 Å². The molecule has 1 fully saturated rings. The Hall–Kier alpha value is -2.96. The maximum atomic E-state index is 13.8. The minimum absolute atomic E-state index is 0.0285. The number of amides is 1.